The van der Waals surface area contributed by atoms with E-state index in [0.717, 1.165) is 25.7 Å². The van der Waals surface area contributed by atoms with Gasteiger partial charge in [0, 0.05) is 13.0 Å². The molecule has 1 aliphatic carbocycles. The number of halogens is 1. The number of carbonyl (C=O) groups excluding carboxylic acids is 1. The number of aliphatic hydroxyl groups excluding tert-OH is 1. The zero-order valence-corrected chi connectivity index (χ0v) is 12.9. The first-order valence-electron chi connectivity index (χ1n) is 7.95. The second-order valence-corrected chi connectivity index (χ2v) is 6.31. The molecule has 4 N–H and O–H groups in total. The van der Waals surface area contributed by atoms with Gasteiger partial charge in [0.2, 0.25) is 5.91 Å². The lowest BCUT2D eigenvalue weighted by molar-refractivity contribution is -0.124. The third-order valence-corrected chi connectivity index (χ3v) is 4.63. The van der Waals surface area contributed by atoms with Crippen molar-refractivity contribution in [1.82, 2.24) is 5.32 Å². The van der Waals surface area contributed by atoms with Crippen molar-refractivity contribution >= 4 is 5.91 Å². The van der Waals surface area contributed by atoms with Crippen molar-refractivity contribution in [3.05, 3.63) is 35.6 Å². The third-order valence-electron chi connectivity index (χ3n) is 4.63. The number of nitrogens with one attached hydrogen (secondary N) is 1. The Kier molecular flexibility index (Phi) is 5.91. The Morgan fingerprint density at radius 2 is 1.91 bits per heavy atom. The minimum absolute atomic E-state index is 0.0755. The van der Waals surface area contributed by atoms with E-state index in [-0.39, 0.29) is 23.7 Å². The monoisotopic (exact) mass is 308 g/mol. The maximum absolute atomic E-state index is 12.8. The van der Waals surface area contributed by atoms with Gasteiger partial charge >= 0.3 is 0 Å². The lowest BCUT2D eigenvalue weighted by atomic mass is 9.71. The average Bonchev–Trinajstić information content (AvgIpc) is 2.54. The molecular formula is C17H25FN2O2. The van der Waals surface area contributed by atoms with E-state index in [1.807, 2.05) is 0 Å². The van der Waals surface area contributed by atoms with Crippen molar-refractivity contribution in [3.63, 3.8) is 0 Å². The lowest BCUT2D eigenvalue weighted by Crippen LogP contribution is -2.39. The molecule has 1 aromatic rings. The number of benzene rings is 1. The molecule has 0 radical (unpaired) electrons. The van der Waals surface area contributed by atoms with E-state index in [9.17, 15) is 14.3 Å². The summed E-state index contributed by atoms with van der Waals surface area (Å²) in [6.45, 7) is 0.659. The molecule has 0 spiro atoms. The van der Waals surface area contributed by atoms with E-state index >= 15 is 0 Å². The molecule has 0 heterocycles. The molecule has 0 aliphatic heterocycles. The highest BCUT2D eigenvalue weighted by molar-refractivity contribution is 5.76. The second-order valence-electron chi connectivity index (χ2n) is 6.31. The summed E-state index contributed by atoms with van der Waals surface area (Å²) in [6.07, 6.45) is 5.05. The molecule has 1 aliphatic rings. The lowest BCUT2D eigenvalue weighted by Gasteiger charge is -2.35. The Morgan fingerprint density at radius 3 is 2.50 bits per heavy atom. The van der Waals surface area contributed by atoms with Crippen LogP contribution in [0.4, 0.5) is 4.39 Å². The van der Waals surface area contributed by atoms with Gasteiger partial charge in [-0.3, -0.25) is 4.79 Å². The summed E-state index contributed by atoms with van der Waals surface area (Å²) in [6, 6.07) is 5.64. The molecular weight excluding hydrogens is 283 g/mol. The zero-order valence-electron chi connectivity index (χ0n) is 12.9. The van der Waals surface area contributed by atoms with Crippen molar-refractivity contribution in [1.29, 1.82) is 0 Å². The van der Waals surface area contributed by atoms with Gasteiger partial charge in [-0.15, -0.1) is 0 Å². The number of amides is 1. The molecule has 0 saturated heterocycles. The van der Waals surface area contributed by atoms with Crippen LogP contribution in [0.25, 0.3) is 0 Å². The highest BCUT2D eigenvalue weighted by Crippen LogP contribution is 2.38. The predicted octanol–water partition coefficient (Wildman–Crippen LogP) is 2.27. The minimum atomic E-state index is -0.829. The van der Waals surface area contributed by atoms with Gasteiger partial charge in [-0.05, 0) is 42.5 Å². The first-order chi connectivity index (χ1) is 10.5. The average molecular weight is 308 g/mol. The molecule has 4 nitrogen and oxygen atoms in total. The van der Waals surface area contributed by atoms with E-state index in [2.05, 4.69) is 5.32 Å². The highest BCUT2D eigenvalue weighted by atomic mass is 19.1. The molecule has 1 aromatic carbocycles. The van der Waals surface area contributed by atoms with Crippen LogP contribution in [0.5, 0.6) is 0 Å². The summed E-state index contributed by atoms with van der Waals surface area (Å²) in [4.78, 5) is 12.1. The number of hydrogen-bond donors (Lipinski definition) is 3. The van der Waals surface area contributed by atoms with Crippen molar-refractivity contribution in [2.75, 3.05) is 13.1 Å². The van der Waals surface area contributed by atoms with Crippen molar-refractivity contribution in [2.24, 2.45) is 11.1 Å². The summed E-state index contributed by atoms with van der Waals surface area (Å²) in [7, 11) is 0. The first kappa shape index (κ1) is 16.9. The van der Waals surface area contributed by atoms with E-state index in [1.54, 1.807) is 0 Å². The van der Waals surface area contributed by atoms with Gasteiger partial charge in [-0.2, -0.15) is 0 Å². The van der Waals surface area contributed by atoms with E-state index in [1.165, 1.54) is 30.7 Å². The summed E-state index contributed by atoms with van der Waals surface area (Å²) >= 11 is 0. The molecule has 2 rings (SSSR count). The number of rotatable bonds is 6. The van der Waals surface area contributed by atoms with E-state index in [0.29, 0.717) is 18.5 Å². The van der Waals surface area contributed by atoms with Gasteiger partial charge < -0.3 is 16.2 Å². The Morgan fingerprint density at radius 1 is 1.27 bits per heavy atom. The molecule has 0 bridgehead atoms. The molecule has 22 heavy (non-hydrogen) atoms. The summed E-state index contributed by atoms with van der Waals surface area (Å²) in [5.41, 5.74) is 6.39. The van der Waals surface area contributed by atoms with Crippen LogP contribution in [0.1, 0.15) is 50.2 Å². The van der Waals surface area contributed by atoms with Gasteiger partial charge in [-0.1, -0.05) is 31.4 Å². The van der Waals surface area contributed by atoms with Crippen LogP contribution in [0.3, 0.4) is 0 Å². The first-order valence-corrected chi connectivity index (χ1v) is 7.95. The molecule has 5 heteroatoms. The van der Waals surface area contributed by atoms with Crippen molar-refractivity contribution in [2.45, 2.75) is 44.6 Å². The van der Waals surface area contributed by atoms with E-state index < -0.39 is 6.10 Å². The number of nitrogens with two attached hydrogens (primary N) is 1. The van der Waals surface area contributed by atoms with Crippen LogP contribution >= 0.6 is 0 Å². The maximum atomic E-state index is 12.8. The minimum Gasteiger partial charge on any atom is -0.387 e. The van der Waals surface area contributed by atoms with Gasteiger partial charge in [0.1, 0.15) is 5.82 Å². The zero-order chi connectivity index (χ0) is 16.0. The van der Waals surface area contributed by atoms with Gasteiger partial charge in [0.15, 0.2) is 0 Å². The Labute approximate surface area is 130 Å². The van der Waals surface area contributed by atoms with Crippen LogP contribution in [0, 0.1) is 11.2 Å². The molecule has 122 valence electrons. The Hall–Kier alpha value is -1.46. The fourth-order valence-electron chi connectivity index (χ4n) is 3.17. The van der Waals surface area contributed by atoms with Crippen molar-refractivity contribution in [3.8, 4) is 0 Å². The summed E-state index contributed by atoms with van der Waals surface area (Å²) in [5, 5.41) is 12.8. The van der Waals surface area contributed by atoms with Gasteiger partial charge in [0.25, 0.3) is 0 Å². The van der Waals surface area contributed by atoms with Crippen LogP contribution in [-0.4, -0.2) is 24.1 Å². The summed E-state index contributed by atoms with van der Waals surface area (Å²) < 4.78 is 12.8. The van der Waals surface area contributed by atoms with Crippen LogP contribution in [-0.2, 0) is 4.79 Å². The van der Waals surface area contributed by atoms with E-state index in [4.69, 9.17) is 5.73 Å². The SMILES string of the molecule is NCC1(CC(=O)NCC(O)c2ccc(F)cc2)CCCCC1. The molecule has 1 saturated carbocycles. The third kappa shape index (κ3) is 4.52. The van der Waals surface area contributed by atoms with Gasteiger partial charge in [0.05, 0.1) is 6.10 Å². The van der Waals surface area contributed by atoms with Crippen LogP contribution < -0.4 is 11.1 Å². The Bertz CT molecular complexity index is 484. The summed E-state index contributed by atoms with van der Waals surface area (Å²) in [5.74, 6) is -0.421. The number of aliphatic hydroxyl groups is 1. The molecule has 1 atom stereocenters. The topological polar surface area (TPSA) is 75.4 Å². The second kappa shape index (κ2) is 7.70. The smallest absolute Gasteiger partial charge is 0.220 e. The molecule has 1 unspecified atom stereocenters. The number of hydrogen-bond acceptors (Lipinski definition) is 3. The number of carbonyl (C=O) groups is 1. The van der Waals surface area contributed by atoms with Crippen LogP contribution in [0.15, 0.2) is 24.3 Å². The fraction of sp³-hybridized carbons (Fsp3) is 0.588. The highest BCUT2D eigenvalue weighted by Gasteiger charge is 2.32. The predicted molar refractivity (Wildman–Crippen MR) is 83.6 cm³/mol. The molecule has 1 fully saturated rings. The molecule has 1 amide bonds. The molecule has 0 aromatic heterocycles. The standard InChI is InChI=1S/C17H25FN2O2/c18-14-6-4-13(5-7-14)15(21)11-20-16(22)10-17(12-19)8-2-1-3-9-17/h4-7,15,21H,1-3,8-12,19H2,(H,20,22). The maximum Gasteiger partial charge on any atom is 0.220 e. The fourth-order valence-corrected chi connectivity index (χ4v) is 3.17. The quantitative estimate of drug-likeness (QED) is 0.754. The van der Waals surface area contributed by atoms with Crippen LogP contribution in [0.2, 0.25) is 0 Å². The largest absolute Gasteiger partial charge is 0.387 e. The normalized spacial score (nSPS) is 18.7. The van der Waals surface area contributed by atoms with Crippen molar-refractivity contribution < 1.29 is 14.3 Å². The van der Waals surface area contributed by atoms with Gasteiger partial charge in [-0.25, -0.2) is 4.39 Å². The Balaban J connectivity index is 1.82.